The Hall–Kier alpha value is -2.40. The van der Waals surface area contributed by atoms with E-state index in [1.165, 1.54) is 6.07 Å². The normalized spacial score (nSPS) is 10.5. The maximum atomic E-state index is 10.9. The second kappa shape index (κ2) is 5.93. The third-order valence-corrected chi connectivity index (χ3v) is 3.35. The van der Waals surface area contributed by atoms with Gasteiger partial charge in [-0.3, -0.25) is 10.1 Å². The van der Waals surface area contributed by atoms with E-state index in [9.17, 15) is 10.1 Å². The molecule has 2 N–H and O–H groups in total. The van der Waals surface area contributed by atoms with Crippen molar-refractivity contribution in [2.75, 3.05) is 0 Å². The minimum absolute atomic E-state index is 0.0998. The number of ether oxygens (including phenoxy) is 1. The Morgan fingerprint density at radius 3 is 2.43 bits per heavy atom. The topological polar surface area (TPSA) is 78.4 Å². The Balaban J connectivity index is 2.41. The molecule has 0 radical (unpaired) electrons. The smallest absolute Gasteiger partial charge is 0.272 e. The number of rotatable bonds is 4. The molecule has 0 heterocycles. The van der Waals surface area contributed by atoms with Crippen LogP contribution in [0, 0.1) is 30.9 Å². The van der Waals surface area contributed by atoms with Crippen LogP contribution in [0.5, 0.6) is 11.5 Å². The second-order valence-electron chi connectivity index (χ2n) is 5.08. The third-order valence-electron chi connectivity index (χ3n) is 3.35. The average molecular weight is 286 g/mol. The summed E-state index contributed by atoms with van der Waals surface area (Å²) in [7, 11) is 0. The van der Waals surface area contributed by atoms with E-state index < -0.39 is 0 Å². The molecule has 5 nitrogen and oxygen atoms in total. The number of benzene rings is 2. The highest BCUT2D eigenvalue weighted by Gasteiger charge is 2.15. The Morgan fingerprint density at radius 2 is 1.81 bits per heavy atom. The van der Waals surface area contributed by atoms with E-state index >= 15 is 0 Å². The molecule has 0 saturated carbocycles. The largest absolute Gasteiger partial charge is 0.457 e. The van der Waals surface area contributed by atoms with Crippen molar-refractivity contribution in [3.63, 3.8) is 0 Å². The molecule has 5 heteroatoms. The van der Waals surface area contributed by atoms with E-state index in [0.717, 1.165) is 16.7 Å². The maximum absolute atomic E-state index is 10.9. The van der Waals surface area contributed by atoms with Crippen LogP contribution < -0.4 is 10.5 Å². The van der Waals surface area contributed by atoms with Crippen molar-refractivity contribution in [1.29, 1.82) is 0 Å². The van der Waals surface area contributed by atoms with Crippen molar-refractivity contribution in [2.45, 2.75) is 27.3 Å². The summed E-state index contributed by atoms with van der Waals surface area (Å²) in [4.78, 5) is 10.5. The molecule has 2 aromatic carbocycles. The zero-order chi connectivity index (χ0) is 15.6. The fourth-order valence-corrected chi connectivity index (χ4v) is 2.17. The summed E-state index contributed by atoms with van der Waals surface area (Å²) in [6, 6.07) is 9.01. The number of aryl methyl sites for hydroxylation is 3. The summed E-state index contributed by atoms with van der Waals surface area (Å²) in [5.74, 6) is 1.29. The highest BCUT2D eigenvalue weighted by atomic mass is 16.6. The lowest BCUT2D eigenvalue weighted by Gasteiger charge is -2.13. The molecule has 0 aliphatic carbocycles. The number of hydrogen-bond donors (Lipinski definition) is 1. The van der Waals surface area contributed by atoms with Gasteiger partial charge in [-0.05, 0) is 38.5 Å². The lowest BCUT2D eigenvalue weighted by Crippen LogP contribution is -2.01. The first kappa shape index (κ1) is 15.0. The summed E-state index contributed by atoms with van der Waals surface area (Å²) in [6.07, 6.45) is 0. The zero-order valence-electron chi connectivity index (χ0n) is 12.3. The van der Waals surface area contributed by atoms with E-state index in [1.807, 2.05) is 25.1 Å². The Bertz CT molecular complexity index is 696. The lowest BCUT2D eigenvalue weighted by atomic mass is 10.1. The van der Waals surface area contributed by atoms with E-state index in [-0.39, 0.29) is 10.6 Å². The summed E-state index contributed by atoms with van der Waals surface area (Å²) >= 11 is 0. The van der Waals surface area contributed by atoms with Crippen LogP contribution in [0.25, 0.3) is 0 Å². The van der Waals surface area contributed by atoms with Crippen LogP contribution in [-0.4, -0.2) is 4.92 Å². The predicted octanol–water partition coefficient (Wildman–Crippen LogP) is 3.77. The van der Waals surface area contributed by atoms with Gasteiger partial charge in [0.1, 0.15) is 11.5 Å². The molecule has 21 heavy (non-hydrogen) atoms. The van der Waals surface area contributed by atoms with Gasteiger partial charge in [-0.15, -0.1) is 0 Å². The third kappa shape index (κ3) is 3.20. The zero-order valence-corrected chi connectivity index (χ0v) is 12.3. The van der Waals surface area contributed by atoms with Gasteiger partial charge in [-0.2, -0.15) is 0 Å². The van der Waals surface area contributed by atoms with E-state index in [1.54, 1.807) is 19.9 Å². The Kier molecular flexibility index (Phi) is 4.23. The summed E-state index contributed by atoms with van der Waals surface area (Å²) in [5.41, 5.74) is 9.14. The van der Waals surface area contributed by atoms with E-state index in [2.05, 4.69) is 0 Å². The van der Waals surface area contributed by atoms with Crippen LogP contribution in [-0.2, 0) is 6.54 Å². The molecule has 0 aliphatic rings. The molecule has 0 aromatic heterocycles. The molecule has 110 valence electrons. The molecule has 0 spiro atoms. The van der Waals surface area contributed by atoms with Gasteiger partial charge in [0.25, 0.3) is 5.69 Å². The minimum atomic E-state index is -0.386. The van der Waals surface area contributed by atoms with Crippen LogP contribution in [0.15, 0.2) is 30.3 Å². The SMILES string of the molecule is Cc1ccc(Oc2cc(C)c([N+](=O)[O-])cc2C)c(CN)c1. The molecule has 0 fully saturated rings. The molecule has 0 amide bonds. The number of nitrogens with zero attached hydrogens (tertiary/aromatic N) is 1. The Labute approximate surface area is 123 Å². The highest BCUT2D eigenvalue weighted by molar-refractivity contribution is 5.51. The van der Waals surface area contributed by atoms with Gasteiger partial charge in [-0.25, -0.2) is 0 Å². The van der Waals surface area contributed by atoms with Crippen LogP contribution in [0.1, 0.15) is 22.3 Å². The Morgan fingerprint density at radius 1 is 1.10 bits per heavy atom. The van der Waals surface area contributed by atoms with Gasteiger partial charge in [0.15, 0.2) is 0 Å². The maximum Gasteiger partial charge on any atom is 0.272 e. The molecular formula is C16H18N2O3. The monoisotopic (exact) mass is 286 g/mol. The van der Waals surface area contributed by atoms with Gasteiger partial charge in [0.05, 0.1) is 4.92 Å². The number of hydrogen-bond acceptors (Lipinski definition) is 4. The highest BCUT2D eigenvalue weighted by Crippen LogP contribution is 2.32. The average Bonchev–Trinajstić information content (AvgIpc) is 2.43. The summed E-state index contributed by atoms with van der Waals surface area (Å²) in [5, 5.41) is 10.9. The van der Waals surface area contributed by atoms with E-state index in [0.29, 0.717) is 23.6 Å². The summed E-state index contributed by atoms with van der Waals surface area (Å²) in [6.45, 7) is 5.85. The van der Waals surface area contributed by atoms with Gasteiger partial charge in [-0.1, -0.05) is 17.7 Å². The van der Waals surface area contributed by atoms with Crippen LogP contribution >= 0.6 is 0 Å². The standard InChI is InChI=1S/C16H18N2O3/c1-10-4-5-15(13(6-10)9-17)21-16-8-11(2)14(18(19)20)7-12(16)3/h4-8H,9,17H2,1-3H3. The van der Waals surface area contributed by atoms with Crippen molar-refractivity contribution in [3.8, 4) is 11.5 Å². The first-order valence-corrected chi connectivity index (χ1v) is 6.65. The van der Waals surface area contributed by atoms with Crippen molar-refractivity contribution in [2.24, 2.45) is 5.73 Å². The quantitative estimate of drug-likeness (QED) is 0.685. The number of nitrogens with two attached hydrogens (primary N) is 1. The van der Waals surface area contributed by atoms with Gasteiger partial charge < -0.3 is 10.5 Å². The van der Waals surface area contributed by atoms with Gasteiger partial charge in [0, 0.05) is 23.7 Å². The second-order valence-corrected chi connectivity index (χ2v) is 5.08. The fraction of sp³-hybridized carbons (Fsp3) is 0.250. The predicted molar refractivity (Wildman–Crippen MR) is 81.7 cm³/mol. The van der Waals surface area contributed by atoms with Gasteiger partial charge in [0.2, 0.25) is 0 Å². The lowest BCUT2D eigenvalue weighted by molar-refractivity contribution is -0.385. The van der Waals surface area contributed by atoms with Crippen molar-refractivity contribution in [3.05, 3.63) is 62.7 Å². The molecular weight excluding hydrogens is 268 g/mol. The van der Waals surface area contributed by atoms with E-state index in [4.69, 9.17) is 10.5 Å². The van der Waals surface area contributed by atoms with Crippen molar-refractivity contribution < 1.29 is 9.66 Å². The number of nitro groups is 1. The first-order valence-electron chi connectivity index (χ1n) is 6.65. The molecule has 2 aromatic rings. The fourth-order valence-electron chi connectivity index (χ4n) is 2.17. The van der Waals surface area contributed by atoms with Crippen LogP contribution in [0.3, 0.4) is 0 Å². The molecule has 0 saturated heterocycles. The van der Waals surface area contributed by atoms with Crippen LogP contribution in [0.4, 0.5) is 5.69 Å². The van der Waals surface area contributed by atoms with Crippen LogP contribution in [0.2, 0.25) is 0 Å². The molecule has 0 aliphatic heterocycles. The van der Waals surface area contributed by atoms with Crippen molar-refractivity contribution in [1.82, 2.24) is 0 Å². The molecule has 2 rings (SSSR count). The first-order chi connectivity index (χ1) is 9.92. The molecule has 0 bridgehead atoms. The molecule has 0 unspecified atom stereocenters. The van der Waals surface area contributed by atoms with Crippen molar-refractivity contribution >= 4 is 5.69 Å². The summed E-state index contributed by atoms with van der Waals surface area (Å²) < 4.78 is 5.90. The van der Waals surface area contributed by atoms with Gasteiger partial charge >= 0.3 is 0 Å². The molecule has 0 atom stereocenters. The number of nitro benzene ring substituents is 1. The minimum Gasteiger partial charge on any atom is -0.457 e.